The van der Waals surface area contributed by atoms with Crippen molar-refractivity contribution < 1.29 is 9.84 Å². The Balaban J connectivity index is 2.48. The lowest BCUT2D eigenvalue weighted by molar-refractivity contribution is 0.281. The predicted molar refractivity (Wildman–Crippen MR) is 53.1 cm³/mol. The third-order valence-corrected chi connectivity index (χ3v) is 1.87. The van der Waals surface area contributed by atoms with Gasteiger partial charge >= 0.3 is 0 Å². The third-order valence-electron chi connectivity index (χ3n) is 1.64. The quantitative estimate of drug-likeness (QED) is 0.772. The van der Waals surface area contributed by atoms with Gasteiger partial charge in [-0.15, -0.1) is 11.6 Å². The van der Waals surface area contributed by atoms with Gasteiger partial charge < -0.3 is 9.84 Å². The average molecular weight is 212 g/mol. The van der Waals surface area contributed by atoms with E-state index in [-0.39, 0.29) is 13.2 Å². The molecular formula is C10H10ClNO2. The molecule has 0 aliphatic carbocycles. The molecule has 1 unspecified atom stereocenters. The maximum Gasteiger partial charge on any atom is 0.154 e. The fourth-order valence-corrected chi connectivity index (χ4v) is 0.961. The Morgan fingerprint density at radius 3 is 2.57 bits per heavy atom. The van der Waals surface area contributed by atoms with Crippen LogP contribution >= 0.6 is 11.6 Å². The van der Waals surface area contributed by atoms with E-state index in [1.807, 2.05) is 6.07 Å². The van der Waals surface area contributed by atoms with Gasteiger partial charge in [0.1, 0.15) is 12.4 Å². The van der Waals surface area contributed by atoms with Gasteiger partial charge in [0, 0.05) is 0 Å². The zero-order valence-corrected chi connectivity index (χ0v) is 8.24. The van der Waals surface area contributed by atoms with Crippen molar-refractivity contribution in [3.8, 4) is 11.8 Å². The molecular weight excluding hydrogens is 202 g/mol. The van der Waals surface area contributed by atoms with Crippen LogP contribution in [0.2, 0.25) is 0 Å². The first-order chi connectivity index (χ1) is 6.76. The van der Waals surface area contributed by atoms with Gasteiger partial charge in [-0.1, -0.05) is 12.1 Å². The number of aliphatic hydroxyl groups excluding tert-OH is 1. The zero-order valence-electron chi connectivity index (χ0n) is 7.48. The maximum atomic E-state index is 8.78. The van der Waals surface area contributed by atoms with Crippen LogP contribution in [0.15, 0.2) is 24.3 Å². The van der Waals surface area contributed by atoms with Gasteiger partial charge in [-0.05, 0) is 17.7 Å². The lowest BCUT2D eigenvalue weighted by Gasteiger charge is -2.06. The summed E-state index contributed by atoms with van der Waals surface area (Å²) in [6.07, 6.45) is 0. The summed E-state index contributed by atoms with van der Waals surface area (Å²) < 4.78 is 5.22. The van der Waals surface area contributed by atoms with Crippen LogP contribution in [0.4, 0.5) is 0 Å². The standard InChI is InChI=1S/C10H10ClNO2/c11-9(5-12)7-14-10-3-1-8(6-13)2-4-10/h1-4,9,13H,6-7H2. The minimum atomic E-state index is -0.632. The highest BCUT2D eigenvalue weighted by Crippen LogP contribution is 2.12. The van der Waals surface area contributed by atoms with Crippen LogP contribution in [-0.4, -0.2) is 17.1 Å². The largest absolute Gasteiger partial charge is 0.491 e. The van der Waals surface area contributed by atoms with E-state index >= 15 is 0 Å². The highest BCUT2D eigenvalue weighted by Gasteiger charge is 2.02. The maximum absolute atomic E-state index is 8.78. The van der Waals surface area contributed by atoms with Crippen molar-refractivity contribution in [1.29, 1.82) is 5.26 Å². The molecule has 4 heteroatoms. The van der Waals surface area contributed by atoms with Crippen molar-refractivity contribution >= 4 is 11.6 Å². The summed E-state index contributed by atoms with van der Waals surface area (Å²) in [4.78, 5) is 0. The molecule has 0 saturated heterocycles. The number of ether oxygens (including phenoxy) is 1. The molecule has 0 bridgehead atoms. The molecule has 3 nitrogen and oxygen atoms in total. The Bertz CT molecular complexity index is 318. The molecule has 1 rings (SSSR count). The second-order valence-corrected chi connectivity index (χ2v) is 3.24. The molecule has 14 heavy (non-hydrogen) atoms. The predicted octanol–water partition coefficient (Wildman–Crippen LogP) is 1.69. The number of alkyl halides is 1. The molecule has 0 aliphatic rings. The van der Waals surface area contributed by atoms with Gasteiger partial charge in [-0.3, -0.25) is 0 Å². The Morgan fingerprint density at radius 2 is 2.07 bits per heavy atom. The molecule has 1 aromatic carbocycles. The van der Waals surface area contributed by atoms with E-state index in [1.165, 1.54) is 0 Å². The van der Waals surface area contributed by atoms with Crippen molar-refractivity contribution in [3.05, 3.63) is 29.8 Å². The van der Waals surface area contributed by atoms with E-state index in [1.54, 1.807) is 24.3 Å². The number of nitrogens with zero attached hydrogens (tertiary/aromatic N) is 1. The van der Waals surface area contributed by atoms with Crippen LogP contribution in [0.3, 0.4) is 0 Å². The fraction of sp³-hybridized carbons (Fsp3) is 0.300. The molecule has 74 valence electrons. The first-order valence-corrected chi connectivity index (χ1v) is 4.56. The Morgan fingerprint density at radius 1 is 1.43 bits per heavy atom. The van der Waals surface area contributed by atoms with Crippen molar-refractivity contribution in [2.24, 2.45) is 0 Å². The van der Waals surface area contributed by atoms with E-state index in [0.29, 0.717) is 5.75 Å². The molecule has 1 atom stereocenters. The minimum absolute atomic E-state index is 0.0105. The van der Waals surface area contributed by atoms with E-state index < -0.39 is 5.38 Å². The summed E-state index contributed by atoms with van der Waals surface area (Å²) in [6.45, 7) is 0.174. The molecule has 0 fully saturated rings. The monoisotopic (exact) mass is 211 g/mol. The lowest BCUT2D eigenvalue weighted by Crippen LogP contribution is -2.08. The molecule has 0 saturated carbocycles. The van der Waals surface area contributed by atoms with Crippen LogP contribution in [0, 0.1) is 11.3 Å². The summed E-state index contributed by atoms with van der Waals surface area (Å²) in [5.74, 6) is 0.642. The average Bonchev–Trinajstić information content (AvgIpc) is 2.26. The first kappa shape index (κ1) is 10.8. The molecule has 1 aromatic rings. The summed E-state index contributed by atoms with van der Waals surface area (Å²) in [5.41, 5.74) is 0.819. The summed E-state index contributed by atoms with van der Waals surface area (Å²) >= 11 is 5.55. The molecule has 0 aliphatic heterocycles. The van der Waals surface area contributed by atoms with Crippen LogP contribution in [0.5, 0.6) is 5.75 Å². The number of rotatable bonds is 4. The van der Waals surface area contributed by atoms with Gasteiger partial charge in [-0.2, -0.15) is 5.26 Å². The van der Waals surface area contributed by atoms with Crippen LogP contribution < -0.4 is 4.74 Å². The van der Waals surface area contributed by atoms with Gasteiger partial charge in [0.2, 0.25) is 0 Å². The van der Waals surface area contributed by atoms with Crippen molar-refractivity contribution in [3.63, 3.8) is 0 Å². The topological polar surface area (TPSA) is 53.2 Å². The molecule has 0 aromatic heterocycles. The van der Waals surface area contributed by atoms with Crippen molar-refractivity contribution in [1.82, 2.24) is 0 Å². The minimum Gasteiger partial charge on any atom is -0.491 e. The lowest BCUT2D eigenvalue weighted by atomic mass is 10.2. The summed E-state index contributed by atoms with van der Waals surface area (Å²) in [5, 5.41) is 16.5. The molecule has 0 radical (unpaired) electrons. The highest BCUT2D eigenvalue weighted by atomic mass is 35.5. The Hall–Kier alpha value is -1.24. The number of nitriles is 1. The molecule has 0 heterocycles. The fourth-order valence-electron chi connectivity index (χ4n) is 0.898. The Kier molecular flexibility index (Phi) is 4.24. The van der Waals surface area contributed by atoms with Crippen molar-refractivity contribution in [2.45, 2.75) is 12.0 Å². The van der Waals surface area contributed by atoms with E-state index in [0.717, 1.165) is 5.56 Å². The molecule has 0 amide bonds. The number of aliphatic hydroxyl groups is 1. The second-order valence-electron chi connectivity index (χ2n) is 2.71. The molecule has 1 N–H and O–H groups in total. The first-order valence-electron chi connectivity index (χ1n) is 4.12. The number of benzene rings is 1. The number of halogens is 1. The van der Waals surface area contributed by atoms with Gasteiger partial charge in [0.25, 0.3) is 0 Å². The molecule has 0 spiro atoms. The van der Waals surface area contributed by atoms with E-state index in [4.69, 9.17) is 26.7 Å². The van der Waals surface area contributed by atoms with Gasteiger partial charge in [-0.25, -0.2) is 0 Å². The number of hydrogen-bond acceptors (Lipinski definition) is 3. The Labute approximate surface area is 87.5 Å². The van der Waals surface area contributed by atoms with Crippen LogP contribution in [-0.2, 0) is 6.61 Å². The van der Waals surface area contributed by atoms with E-state index in [9.17, 15) is 0 Å². The van der Waals surface area contributed by atoms with Gasteiger partial charge in [0.15, 0.2) is 5.38 Å². The summed E-state index contributed by atoms with van der Waals surface area (Å²) in [6, 6.07) is 8.83. The third kappa shape index (κ3) is 3.25. The van der Waals surface area contributed by atoms with Crippen LogP contribution in [0.25, 0.3) is 0 Å². The normalized spacial score (nSPS) is 11.8. The van der Waals surface area contributed by atoms with E-state index in [2.05, 4.69) is 0 Å². The number of hydrogen-bond donors (Lipinski definition) is 1. The van der Waals surface area contributed by atoms with Crippen molar-refractivity contribution in [2.75, 3.05) is 6.61 Å². The van der Waals surface area contributed by atoms with Gasteiger partial charge in [0.05, 0.1) is 12.7 Å². The summed E-state index contributed by atoms with van der Waals surface area (Å²) in [7, 11) is 0. The van der Waals surface area contributed by atoms with Crippen LogP contribution in [0.1, 0.15) is 5.56 Å². The zero-order chi connectivity index (χ0) is 10.4. The highest BCUT2D eigenvalue weighted by molar-refractivity contribution is 6.22. The smallest absolute Gasteiger partial charge is 0.154 e. The SMILES string of the molecule is N#CC(Cl)COc1ccc(CO)cc1. The second kappa shape index (κ2) is 5.48.